The molecule has 2 aromatic heterocycles. The monoisotopic (exact) mass is 464 g/mol. The summed E-state index contributed by atoms with van der Waals surface area (Å²) >= 11 is 2.83. The van der Waals surface area contributed by atoms with Crippen LogP contribution in [0.1, 0.15) is 18.2 Å². The van der Waals surface area contributed by atoms with E-state index >= 15 is 0 Å². The number of nitrogens with zero attached hydrogens (tertiary/aromatic N) is 3. The van der Waals surface area contributed by atoms with Gasteiger partial charge < -0.3 is 5.32 Å². The molecule has 4 aromatic rings. The van der Waals surface area contributed by atoms with E-state index in [2.05, 4.69) is 27.4 Å². The van der Waals surface area contributed by atoms with E-state index in [-0.39, 0.29) is 17.5 Å². The lowest BCUT2D eigenvalue weighted by molar-refractivity contribution is -0.113. The van der Waals surface area contributed by atoms with Crippen LogP contribution in [0.2, 0.25) is 0 Å². The van der Waals surface area contributed by atoms with Crippen LogP contribution in [0, 0.1) is 12.7 Å². The molecule has 0 unspecified atom stereocenters. The molecule has 162 valence electrons. The van der Waals surface area contributed by atoms with Crippen molar-refractivity contribution < 1.29 is 9.18 Å². The fourth-order valence-corrected chi connectivity index (χ4v) is 4.68. The van der Waals surface area contributed by atoms with Crippen molar-refractivity contribution in [2.24, 2.45) is 0 Å². The molecule has 0 aliphatic heterocycles. The summed E-state index contributed by atoms with van der Waals surface area (Å²) in [6.07, 6.45) is 0.966. The van der Waals surface area contributed by atoms with Crippen LogP contribution in [0.25, 0.3) is 21.1 Å². The Morgan fingerprint density at radius 2 is 1.78 bits per heavy atom. The Kier molecular flexibility index (Phi) is 6.92. The highest BCUT2D eigenvalue weighted by molar-refractivity contribution is 7.99. The van der Waals surface area contributed by atoms with E-state index in [1.807, 2.05) is 43.3 Å². The first kappa shape index (κ1) is 22.1. The molecule has 0 atom stereocenters. The molecule has 0 saturated heterocycles. The molecule has 0 fully saturated rings. The SMILES string of the molecule is CCc1ccc(NC(=O)CSc2ccc(-c3sc(-c4ccc(F)cc4)nc3C)nn2)cc1. The predicted molar refractivity (Wildman–Crippen MR) is 128 cm³/mol. The average molecular weight is 465 g/mol. The Morgan fingerprint density at radius 1 is 1.03 bits per heavy atom. The summed E-state index contributed by atoms with van der Waals surface area (Å²) < 4.78 is 13.2. The fourth-order valence-electron chi connectivity index (χ4n) is 3.03. The van der Waals surface area contributed by atoms with E-state index in [0.29, 0.717) is 5.03 Å². The molecular weight excluding hydrogens is 443 g/mol. The molecule has 0 saturated carbocycles. The van der Waals surface area contributed by atoms with E-state index < -0.39 is 0 Å². The summed E-state index contributed by atoms with van der Waals surface area (Å²) in [4.78, 5) is 17.7. The average Bonchev–Trinajstić information content (AvgIpc) is 3.20. The molecule has 0 spiro atoms. The number of hydrogen-bond acceptors (Lipinski definition) is 6. The van der Waals surface area contributed by atoms with Crippen LogP contribution in [-0.2, 0) is 11.2 Å². The number of anilines is 1. The Labute approximate surface area is 194 Å². The lowest BCUT2D eigenvalue weighted by Crippen LogP contribution is -2.14. The van der Waals surface area contributed by atoms with Gasteiger partial charge in [-0.05, 0) is 67.4 Å². The van der Waals surface area contributed by atoms with Gasteiger partial charge in [-0.15, -0.1) is 21.5 Å². The van der Waals surface area contributed by atoms with E-state index in [0.717, 1.165) is 38.9 Å². The summed E-state index contributed by atoms with van der Waals surface area (Å²) in [5.74, 6) is -0.116. The third kappa shape index (κ3) is 5.38. The van der Waals surface area contributed by atoms with Crippen LogP contribution in [0.15, 0.2) is 65.7 Å². The number of carbonyl (C=O) groups is 1. The molecular formula is C24H21FN4OS2. The summed E-state index contributed by atoms with van der Waals surface area (Å²) in [5.41, 5.74) is 4.44. The number of aromatic nitrogens is 3. The van der Waals surface area contributed by atoms with Gasteiger partial charge in [-0.3, -0.25) is 4.79 Å². The van der Waals surface area contributed by atoms with Crippen LogP contribution in [-0.4, -0.2) is 26.8 Å². The van der Waals surface area contributed by atoms with E-state index in [1.54, 1.807) is 12.1 Å². The number of thiazole rings is 1. The number of thioether (sulfide) groups is 1. The second-order valence-electron chi connectivity index (χ2n) is 7.08. The van der Waals surface area contributed by atoms with Crippen molar-refractivity contribution in [2.75, 3.05) is 11.1 Å². The van der Waals surface area contributed by atoms with Gasteiger partial charge in [0.1, 0.15) is 21.5 Å². The minimum atomic E-state index is -0.274. The number of halogens is 1. The van der Waals surface area contributed by atoms with Gasteiger partial charge in [0.2, 0.25) is 5.91 Å². The summed E-state index contributed by atoms with van der Waals surface area (Å²) in [7, 11) is 0. The van der Waals surface area contributed by atoms with Crippen molar-refractivity contribution >= 4 is 34.7 Å². The van der Waals surface area contributed by atoms with Crippen molar-refractivity contribution in [1.29, 1.82) is 0 Å². The van der Waals surface area contributed by atoms with Gasteiger partial charge in [-0.25, -0.2) is 9.37 Å². The Morgan fingerprint density at radius 3 is 2.44 bits per heavy atom. The van der Waals surface area contributed by atoms with Gasteiger partial charge >= 0.3 is 0 Å². The summed E-state index contributed by atoms with van der Waals surface area (Å²) in [6.45, 7) is 4.01. The zero-order chi connectivity index (χ0) is 22.5. The molecule has 8 heteroatoms. The Hall–Kier alpha value is -3.10. The number of hydrogen-bond donors (Lipinski definition) is 1. The third-order valence-electron chi connectivity index (χ3n) is 4.76. The van der Waals surface area contributed by atoms with Gasteiger partial charge in [0.25, 0.3) is 0 Å². The van der Waals surface area contributed by atoms with Gasteiger partial charge in [-0.1, -0.05) is 30.8 Å². The molecule has 4 rings (SSSR count). The van der Waals surface area contributed by atoms with Crippen LogP contribution in [0.5, 0.6) is 0 Å². The largest absolute Gasteiger partial charge is 0.325 e. The molecule has 5 nitrogen and oxygen atoms in total. The van der Waals surface area contributed by atoms with Crippen LogP contribution >= 0.6 is 23.1 Å². The minimum absolute atomic E-state index is 0.0904. The molecule has 2 heterocycles. The number of rotatable bonds is 7. The fraction of sp³-hybridized carbons (Fsp3) is 0.167. The molecule has 0 aliphatic carbocycles. The maximum atomic E-state index is 13.2. The summed E-state index contributed by atoms with van der Waals surface area (Å²) in [5, 5.41) is 12.9. The molecule has 2 aromatic carbocycles. The highest BCUT2D eigenvalue weighted by atomic mass is 32.2. The van der Waals surface area contributed by atoms with Crippen LogP contribution < -0.4 is 5.32 Å². The molecule has 1 N–H and O–H groups in total. The molecule has 0 radical (unpaired) electrons. The van der Waals surface area contributed by atoms with Crippen molar-refractivity contribution in [3.63, 3.8) is 0 Å². The highest BCUT2D eigenvalue weighted by Crippen LogP contribution is 2.34. The normalized spacial score (nSPS) is 10.8. The first-order valence-electron chi connectivity index (χ1n) is 10.1. The Balaban J connectivity index is 1.37. The number of nitrogens with one attached hydrogen (secondary N) is 1. The van der Waals surface area contributed by atoms with Crippen LogP contribution in [0.4, 0.5) is 10.1 Å². The van der Waals surface area contributed by atoms with E-state index in [9.17, 15) is 9.18 Å². The van der Waals surface area contributed by atoms with Gasteiger partial charge in [-0.2, -0.15) is 0 Å². The molecule has 1 amide bonds. The van der Waals surface area contributed by atoms with Gasteiger partial charge in [0.15, 0.2) is 0 Å². The second-order valence-corrected chi connectivity index (χ2v) is 9.08. The first-order valence-corrected chi connectivity index (χ1v) is 11.9. The molecule has 32 heavy (non-hydrogen) atoms. The minimum Gasteiger partial charge on any atom is -0.325 e. The standard InChI is InChI=1S/C24H21FN4OS2/c1-3-16-4-10-19(11-5-16)27-21(30)14-31-22-13-12-20(28-29-22)23-15(2)26-24(32-23)17-6-8-18(25)9-7-17/h4-13H,3,14H2,1-2H3,(H,27,30). The maximum absolute atomic E-state index is 13.2. The quantitative estimate of drug-likeness (QED) is 0.339. The van der Waals surface area contributed by atoms with Crippen molar-refractivity contribution in [3.8, 4) is 21.1 Å². The topological polar surface area (TPSA) is 67.8 Å². The molecule has 0 bridgehead atoms. The number of aryl methyl sites for hydroxylation is 2. The van der Waals surface area contributed by atoms with Crippen molar-refractivity contribution in [3.05, 3.63) is 77.7 Å². The zero-order valence-electron chi connectivity index (χ0n) is 17.6. The lowest BCUT2D eigenvalue weighted by Gasteiger charge is -2.06. The predicted octanol–water partition coefficient (Wildman–Crippen LogP) is 6.01. The smallest absolute Gasteiger partial charge is 0.234 e. The van der Waals surface area contributed by atoms with Gasteiger partial charge in [0.05, 0.1) is 16.3 Å². The summed E-state index contributed by atoms with van der Waals surface area (Å²) in [6, 6.07) is 17.9. The zero-order valence-corrected chi connectivity index (χ0v) is 19.3. The second kappa shape index (κ2) is 10.0. The van der Waals surface area contributed by atoms with Gasteiger partial charge in [0, 0.05) is 11.3 Å². The first-order chi connectivity index (χ1) is 15.5. The van der Waals surface area contributed by atoms with E-state index in [1.165, 1.54) is 40.8 Å². The number of benzene rings is 2. The lowest BCUT2D eigenvalue weighted by atomic mass is 10.1. The van der Waals surface area contributed by atoms with Crippen molar-refractivity contribution in [1.82, 2.24) is 15.2 Å². The van der Waals surface area contributed by atoms with E-state index in [4.69, 9.17) is 0 Å². The van der Waals surface area contributed by atoms with Crippen molar-refractivity contribution in [2.45, 2.75) is 25.3 Å². The number of amides is 1. The third-order valence-corrected chi connectivity index (χ3v) is 6.91. The number of carbonyl (C=O) groups excluding carboxylic acids is 1. The molecule has 0 aliphatic rings. The highest BCUT2D eigenvalue weighted by Gasteiger charge is 2.13. The van der Waals surface area contributed by atoms with Crippen LogP contribution in [0.3, 0.4) is 0 Å². The maximum Gasteiger partial charge on any atom is 0.234 e. The Bertz CT molecular complexity index is 1210.